The van der Waals surface area contributed by atoms with E-state index in [4.69, 9.17) is 33.2 Å². The van der Waals surface area contributed by atoms with Crippen molar-refractivity contribution in [1.82, 2.24) is 0 Å². The third-order valence-corrected chi connectivity index (χ3v) is 14.5. The number of hydrogen-bond donors (Lipinski definition) is 1. The molecular weight excluding hydrogens is 1150 g/mol. The largest absolute Gasteiger partial charge is 1.00 e. The Balaban J connectivity index is 0.000000430. The number of aliphatic carboxylic acids is 1. The molecule has 1 aliphatic rings. The minimum absolute atomic E-state index is 0. The van der Waals surface area contributed by atoms with Crippen molar-refractivity contribution in [3.8, 4) is 0 Å². The molecule has 4 atom stereocenters. The molecule has 0 spiro atoms. The van der Waals surface area contributed by atoms with Gasteiger partial charge in [0.2, 0.25) is 0 Å². The fourth-order valence-corrected chi connectivity index (χ4v) is 8.47. The van der Waals surface area contributed by atoms with Crippen molar-refractivity contribution in [1.29, 1.82) is 0 Å². The number of esters is 3. The topological polar surface area (TPSA) is 226 Å². The van der Waals surface area contributed by atoms with E-state index in [1.54, 1.807) is 6.92 Å². The third-order valence-electron chi connectivity index (χ3n) is 14.5. The molecule has 2 N–H and O–H groups in total. The fourth-order valence-electron chi connectivity index (χ4n) is 8.47. The summed E-state index contributed by atoms with van der Waals surface area (Å²) in [4.78, 5) is 70.9. The van der Waals surface area contributed by atoms with Crippen LogP contribution < -0.4 is 18.9 Å². The number of benzene rings is 6. The summed E-state index contributed by atoms with van der Waals surface area (Å²) in [7, 11) is 1.37. The Morgan fingerprint density at radius 3 is 1.14 bits per heavy atom. The number of ketones is 2. The molecule has 91 heavy (non-hydrogen) atoms. The monoisotopic (exact) mass is 1250 g/mol. The van der Waals surface area contributed by atoms with Crippen molar-refractivity contribution in [2.45, 2.75) is 150 Å². The van der Waals surface area contributed by atoms with Crippen LogP contribution in [0, 0.1) is 23.7 Å². The Labute approximate surface area is 551 Å². The summed E-state index contributed by atoms with van der Waals surface area (Å²) in [6.45, 7) is 18.4. The van der Waals surface area contributed by atoms with Crippen molar-refractivity contribution in [3.63, 3.8) is 0 Å². The van der Waals surface area contributed by atoms with Crippen molar-refractivity contribution in [2.75, 3.05) is 33.5 Å². The Morgan fingerprint density at radius 1 is 0.473 bits per heavy atom. The van der Waals surface area contributed by atoms with Crippen LogP contribution in [-0.2, 0) is 106 Å². The average Bonchev–Trinajstić information content (AvgIpc) is 1.81. The number of carboxylic acids is 1. The van der Waals surface area contributed by atoms with Crippen LogP contribution in [0.15, 0.2) is 182 Å². The van der Waals surface area contributed by atoms with Gasteiger partial charge in [-0.1, -0.05) is 196 Å². The minimum Gasteiger partial charge on any atom is -0.870 e. The molecule has 6 aromatic carbocycles. The van der Waals surface area contributed by atoms with Crippen LogP contribution in [0.4, 0.5) is 0 Å². The van der Waals surface area contributed by atoms with Gasteiger partial charge in [-0.25, -0.2) is 0 Å². The average molecular weight is 1250 g/mol. The first-order valence-electron chi connectivity index (χ1n) is 30.6. The number of Topliss-reactive ketones (excluding diaryl/α,β-unsaturated/α-hetero) is 2. The summed E-state index contributed by atoms with van der Waals surface area (Å²) in [5.41, 5.74) is 5.20. The normalized spacial score (nSPS) is 13.8. The molecule has 0 heterocycles. The van der Waals surface area contributed by atoms with Crippen LogP contribution in [-0.4, -0.2) is 96.4 Å². The van der Waals surface area contributed by atoms with Gasteiger partial charge in [0.1, 0.15) is 24.8 Å². The second-order valence-electron chi connectivity index (χ2n) is 23.7. The summed E-state index contributed by atoms with van der Waals surface area (Å²) in [5.74, 6) is -3.87. The molecule has 1 fully saturated rings. The van der Waals surface area contributed by atoms with E-state index < -0.39 is 40.9 Å². The Bertz CT molecular complexity index is 2960. The maximum Gasteiger partial charge on any atom is 1.00 e. The number of carboxylic acid groups (broad SMARTS) is 1. The minimum atomic E-state index is -1.09. The zero-order valence-electron chi connectivity index (χ0n) is 55.1. The second kappa shape index (κ2) is 43.6. The first kappa shape index (κ1) is 80.0. The van der Waals surface area contributed by atoms with Crippen LogP contribution in [0.1, 0.15) is 127 Å². The molecule has 1 unspecified atom stereocenters. The van der Waals surface area contributed by atoms with E-state index in [0.717, 1.165) is 40.7 Å². The Hall–Kier alpha value is -7.10. The molecular formula is C74H95LiO16. The molecule has 0 aliphatic heterocycles. The van der Waals surface area contributed by atoms with E-state index in [1.807, 2.05) is 198 Å². The van der Waals surface area contributed by atoms with Gasteiger partial charge in [-0.05, 0) is 94.2 Å². The van der Waals surface area contributed by atoms with Gasteiger partial charge in [-0.2, -0.15) is 0 Å². The predicted molar refractivity (Wildman–Crippen MR) is 345 cm³/mol. The van der Waals surface area contributed by atoms with Crippen LogP contribution >= 0.6 is 0 Å². The van der Waals surface area contributed by atoms with Gasteiger partial charge < -0.3 is 48.5 Å². The van der Waals surface area contributed by atoms with Crippen LogP contribution in [0.2, 0.25) is 0 Å². The maximum absolute atomic E-state index is 12.3. The molecule has 17 heteroatoms. The van der Waals surface area contributed by atoms with E-state index in [1.165, 1.54) is 12.7 Å². The van der Waals surface area contributed by atoms with Crippen molar-refractivity contribution in [3.05, 3.63) is 215 Å². The van der Waals surface area contributed by atoms with Gasteiger partial charge in [0.15, 0.2) is 0 Å². The van der Waals surface area contributed by atoms with Crippen molar-refractivity contribution >= 4 is 35.4 Å². The molecule has 0 amide bonds. The van der Waals surface area contributed by atoms with Gasteiger partial charge in [-0.3, -0.25) is 28.8 Å². The number of methoxy groups -OCH3 is 1. The smallest absolute Gasteiger partial charge is 0.870 e. The van der Waals surface area contributed by atoms with Crippen LogP contribution in [0.3, 0.4) is 0 Å². The molecule has 1 aliphatic carbocycles. The third kappa shape index (κ3) is 34.8. The van der Waals surface area contributed by atoms with E-state index in [-0.39, 0.29) is 105 Å². The summed E-state index contributed by atoms with van der Waals surface area (Å²) < 4.78 is 44.0. The van der Waals surface area contributed by atoms with Gasteiger partial charge in [0, 0.05) is 18.8 Å². The molecule has 0 radical (unpaired) electrons. The molecule has 1 saturated carbocycles. The quantitative estimate of drug-likeness (QED) is 0.0225. The second-order valence-corrected chi connectivity index (χ2v) is 23.7. The summed E-state index contributed by atoms with van der Waals surface area (Å²) in [6.07, 6.45) is 3.11. The number of carbonyl (C=O) groups excluding carboxylic acids is 5. The number of ether oxygens (including phenoxy) is 8. The first-order valence-corrected chi connectivity index (χ1v) is 30.6. The molecule has 0 bridgehead atoms. The first-order chi connectivity index (χ1) is 42.6. The molecule has 6 aromatic rings. The molecule has 488 valence electrons. The van der Waals surface area contributed by atoms with E-state index in [2.05, 4.69) is 37.6 Å². The number of hydrogen-bond acceptors (Lipinski definition) is 15. The fraction of sp³-hybridized carbons (Fsp3) is 0.432. The van der Waals surface area contributed by atoms with Crippen LogP contribution in [0.5, 0.6) is 0 Å². The van der Waals surface area contributed by atoms with Gasteiger partial charge in [0.05, 0.1) is 101 Å². The van der Waals surface area contributed by atoms with Crippen LogP contribution in [0.25, 0.3) is 0 Å². The maximum atomic E-state index is 12.3. The number of aryl methyl sites for hydroxylation is 1. The molecule has 0 aromatic heterocycles. The van der Waals surface area contributed by atoms with E-state index in [9.17, 15) is 33.9 Å². The zero-order chi connectivity index (χ0) is 64.9. The van der Waals surface area contributed by atoms with Crippen molar-refractivity contribution < 1.29 is 96.1 Å². The summed E-state index contributed by atoms with van der Waals surface area (Å²) in [5, 5.41) is 9.37. The molecule has 0 saturated heterocycles. The van der Waals surface area contributed by atoms with Gasteiger partial charge >= 0.3 is 42.7 Å². The SMILES string of the molecule is CC(C)(COC[C@H](CC(=O)OCc1ccccc1)C(=O)O)OCc1ccccc1.CCC(=O)[C@H](COCC(C)(C)OCc1ccccc1)CC(=O)OCc1ccccc1.CCC(C)(C)OCc1ccccc1.COC(=O)[C@@H]1CC1C(=O)CCc1ccccc1.[Li+].[OH-]. The Morgan fingerprint density at radius 2 is 0.802 bits per heavy atom. The van der Waals surface area contributed by atoms with Gasteiger partial charge in [0.25, 0.3) is 0 Å². The van der Waals surface area contributed by atoms with E-state index >= 15 is 0 Å². The summed E-state index contributed by atoms with van der Waals surface area (Å²) >= 11 is 0. The standard InChI is InChI=1S/C25H32O5.C23H28O6.C14H16O3.C12H18O.Li.H2O/c1-4-23(26)22(15-24(27)29-16-20-11-7-5-8-12-20)18-28-19-25(2,3)30-17-21-13-9-6-10-14-21;1-23(2,29-15-19-11-7-4-8-12-19)17-27-16-20(22(25)26)13-21(24)28-14-18-9-5-3-6-10-18;1-17-14(16)12-9-11(12)13(15)8-7-10-5-3-2-4-6-10;1-4-12(2,3)13-10-11-8-6-5-7-9-11;;/h5-14,22H,4,15-19H2,1-3H3;3-12,20H,13-17H2,1-2H3,(H,25,26);2-6,11-12H,7-9H2,1H3;5-9H,4,10H2,1-3H3;;1H2/q;;;;+1;/p-1/t22-;20-;11?,12-;;;/m001.../s1. The zero-order valence-corrected chi connectivity index (χ0v) is 55.1. The summed E-state index contributed by atoms with van der Waals surface area (Å²) in [6, 6.07) is 58.6. The van der Waals surface area contributed by atoms with E-state index in [0.29, 0.717) is 45.7 Å². The predicted octanol–water partition coefficient (Wildman–Crippen LogP) is 10.8. The molecule has 16 nitrogen and oxygen atoms in total. The number of carbonyl (C=O) groups is 6. The number of rotatable bonds is 34. The van der Waals surface area contributed by atoms with Crippen molar-refractivity contribution in [2.24, 2.45) is 23.7 Å². The Kier molecular flexibility index (Phi) is 38.3. The van der Waals surface area contributed by atoms with Gasteiger partial charge in [-0.15, -0.1) is 0 Å². The molecule has 7 rings (SSSR count).